The van der Waals surface area contributed by atoms with E-state index in [1.165, 1.54) is 5.56 Å². The fourth-order valence-corrected chi connectivity index (χ4v) is 4.70. The number of aromatic nitrogens is 3. The van der Waals surface area contributed by atoms with Crippen molar-refractivity contribution >= 4 is 22.5 Å². The minimum absolute atomic E-state index is 0.000948. The van der Waals surface area contributed by atoms with Crippen LogP contribution in [-0.2, 0) is 11.3 Å². The van der Waals surface area contributed by atoms with Crippen molar-refractivity contribution in [2.45, 2.75) is 18.9 Å². The van der Waals surface area contributed by atoms with E-state index in [0.29, 0.717) is 18.2 Å². The molecule has 0 aliphatic carbocycles. The summed E-state index contributed by atoms with van der Waals surface area (Å²) in [5.41, 5.74) is 5.34. The van der Waals surface area contributed by atoms with Gasteiger partial charge in [0.25, 0.3) is 0 Å². The van der Waals surface area contributed by atoms with Crippen LogP contribution in [0.1, 0.15) is 29.0 Å². The lowest BCUT2D eigenvalue weighted by Gasteiger charge is -2.15. The predicted octanol–water partition coefficient (Wildman–Crippen LogP) is 5.75. The van der Waals surface area contributed by atoms with Gasteiger partial charge in [-0.25, -0.2) is 9.97 Å². The highest BCUT2D eigenvalue weighted by molar-refractivity contribution is 6.06. The van der Waals surface area contributed by atoms with E-state index in [2.05, 4.69) is 56.4 Å². The lowest BCUT2D eigenvalue weighted by Crippen LogP contribution is -2.14. The van der Waals surface area contributed by atoms with Crippen LogP contribution in [0.5, 0.6) is 11.8 Å². The molecule has 34 heavy (non-hydrogen) atoms. The predicted molar refractivity (Wildman–Crippen MR) is 131 cm³/mol. The zero-order valence-corrected chi connectivity index (χ0v) is 18.4. The Morgan fingerprint density at radius 1 is 0.941 bits per heavy atom. The van der Waals surface area contributed by atoms with E-state index in [4.69, 9.17) is 4.74 Å². The van der Waals surface area contributed by atoms with Crippen molar-refractivity contribution in [1.29, 1.82) is 0 Å². The van der Waals surface area contributed by atoms with E-state index in [1.807, 2.05) is 42.5 Å². The number of ether oxygens (including phenoxy) is 1. The van der Waals surface area contributed by atoms with E-state index in [0.717, 1.165) is 34.3 Å². The summed E-state index contributed by atoms with van der Waals surface area (Å²) in [7, 11) is 0. The fraction of sp³-hybridized carbons (Fsp3) is 0.107. The molecular formula is C28H22N4O2. The highest BCUT2D eigenvalue weighted by Crippen LogP contribution is 2.41. The summed E-state index contributed by atoms with van der Waals surface area (Å²) in [6.07, 6.45) is 5.83. The molecule has 1 N–H and O–H groups in total. The van der Waals surface area contributed by atoms with Gasteiger partial charge in [-0.05, 0) is 47.0 Å². The number of hydrogen-bond acceptors (Lipinski definition) is 4. The molecule has 0 bridgehead atoms. The highest BCUT2D eigenvalue weighted by atomic mass is 16.5. The van der Waals surface area contributed by atoms with Gasteiger partial charge in [-0.3, -0.25) is 4.79 Å². The Bertz CT molecular complexity index is 1480. The molecule has 1 unspecified atom stereocenters. The molecule has 3 heterocycles. The highest BCUT2D eigenvalue weighted by Gasteiger charge is 2.28. The molecule has 1 atom stereocenters. The van der Waals surface area contributed by atoms with Crippen LogP contribution < -0.4 is 10.1 Å². The molecule has 0 radical (unpaired) electrons. The van der Waals surface area contributed by atoms with Crippen LogP contribution in [0.3, 0.4) is 0 Å². The first-order chi connectivity index (χ1) is 16.7. The first kappa shape index (κ1) is 20.2. The molecule has 6 nitrogen and oxygen atoms in total. The van der Waals surface area contributed by atoms with Crippen molar-refractivity contribution in [3.8, 4) is 11.8 Å². The number of nitrogens with one attached hydrogen (secondary N) is 1. The normalized spacial score (nSPS) is 15.1. The van der Waals surface area contributed by atoms with Gasteiger partial charge in [0.2, 0.25) is 5.91 Å². The monoisotopic (exact) mass is 446 g/mol. The molecule has 2 aromatic heterocycles. The van der Waals surface area contributed by atoms with Gasteiger partial charge in [0.1, 0.15) is 5.75 Å². The Balaban J connectivity index is 1.44. The van der Waals surface area contributed by atoms with E-state index < -0.39 is 0 Å². The Kier molecular flexibility index (Phi) is 5.03. The number of rotatable bonds is 5. The maximum atomic E-state index is 12.9. The van der Waals surface area contributed by atoms with Crippen LogP contribution >= 0.6 is 0 Å². The third-order valence-corrected chi connectivity index (χ3v) is 6.18. The summed E-state index contributed by atoms with van der Waals surface area (Å²) in [5, 5.41) is 4.20. The van der Waals surface area contributed by atoms with Gasteiger partial charge < -0.3 is 14.6 Å². The van der Waals surface area contributed by atoms with E-state index in [-0.39, 0.29) is 11.8 Å². The van der Waals surface area contributed by atoms with E-state index in [9.17, 15) is 4.79 Å². The number of nitrogens with zero attached hydrogens (tertiary/aromatic N) is 3. The number of benzene rings is 3. The van der Waals surface area contributed by atoms with E-state index >= 15 is 0 Å². The second kappa shape index (κ2) is 8.48. The zero-order valence-electron chi connectivity index (χ0n) is 18.4. The van der Waals surface area contributed by atoms with Crippen LogP contribution in [0.2, 0.25) is 0 Å². The summed E-state index contributed by atoms with van der Waals surface area (Å²) in [6.45, 7) is 0.760. The molecule has 6 heteroatoms. The number of hydrogen-bond donors (Lipinski definition) is 1. The second-order valence-electron chi connectivity index (χ2n) is 8.41. The van der Waals surface area contributed by atoms with Gasteiger partial charge in [-0.2, -0.15) is 0 Å². The summed E-state index contributed by atoms with van der Waals surface area (Å²) in [4.78, 5) is 21.1. The SMILES string of the molecule is O=C1CC(c2cccc(Oc3ncccn3)c2)c2cn(Cc3ccccc3)c3cccc(c23)N1. The first-order valence-corrected chi connectivity index (χ1v) is 11.2. The smallest absolute Gasteiger partial charge is 0.321 e. The van der Waals surface area contributed by atoms with Gasteiger partial charge in [0.15, 0.2) is 0 Å². The minimum atomic E-state index is -0.108. The van der Waals surface area contributed by atoms with Crippen LogP contribution in [0.15, 0.2) is 97.5 Å². The molecule has 0 spiro atoms. The standard InChI is InChI=1S/C28H22N4O2/c33-26-16-22(20-9-4-10-21(15-20)34-28-29-13-6-14-30-28)23-18-32(17-19-7-2-1-3-8-19)25-12-5-11-24(31-26)27(23)25/h1-15,18,22H,16-17H2,(H,31,33). The van der Waals surface area contributed by atoms with Crippen molar-refractivity contribution in [2.75, 3.05) is 5.32 Å². The number of amides is 1. The molecule has 0 saturated carbocycles. The van der Waals surface area contributed by atoms with Gasteiger partial charge in [0.05, 0.1) is 11.2 Å². The third-order valence-electron chi connectivity index (χ3n) is 6.18. The maximum absolute atomic E-state index is 12.9. The molecule has 1 aliphatic heterocycles. The Morgan fingerprint density at radius 2 is 1.76 bits per heavy atom. The van der Waals surface area contributed by atoms with Crippen LogP contribution in [0.25, 0.3) is 10.9 Å². The lowest BCUT2D eigenvalue weighted by molar-refractivity contribution is -0.116. The van der Waals surface area contributed by atoms with E-state index in [1.54, 1.807) is 18.5 Å². The quantitative estimate of drug-likeness (QED) is 0.373. The van der Waals surface area contributed by atoms with Crippen molar-refractivity contribution in [2.24, 2.45) is 0 Å². The summed E-state index contributed by atoms with van der Waals surface area (Å²) in [5.74, 6) is 0.533. The van der Waals surface area contributed by atoms with Crippen molar-refractivity contribution < 1.29 is 9.53 Å². The van der Waals surface area contributed by atoms with Gasteiger partial charge in [-0.15, -0.1) is 0 Å². The molecule has 0 saturated heterocycles. The Morgan fingerprint density at radius 3 is 2.62 bits per heavy atom. The molecular weight excluding hydrogens is 424 g/mol. The molecule has 5 aromatic rings. The summed E-state index contributed by atoms with van der Waals surface area (Å²) < 4.78 is 8.14. The maximum Gasteiger partial charge on any atom is 0.321 e. The van der Waals surface area contributed by atoms with Crippen LogP contribution in [0.4, 0.5) is 5.69 Å². The fourth-order valence-electron chi connectivity index (χ4n) is 4.70. The van der Waals surface area contributed by atoms with Gasteiger partial charge >= 0.3 is 6.01 Å². The average molecular weight is 447 g/mol. The Labute approximate surface area is 196 Å². The lowest BCUT2D eigenvalue weighted by atomic mass is 9.88. The van der Waals surface area contributed by atoms with Crippen molar-refractivity contribution in [3.63, 3.8) is 0 Å². The molecule has 6 rings (SSSR count). The first-order valence-electron chi connectivity index (χ1n) is 11.2. The molecule has 3 aromatic carbocycles. The summed E-state index contributed by atoms with van der Waals surface area (Å²) in [6, 6.07) is 26.4. The second-order valence-corrected chi connectivity index (χ2v) is 8.41. The zero-order chi connectivity index (χ0) is 22.9. The number of anilines is 1. The molecule has 0 fully saturated rings. The molecule has 166 valence electrons. The molecule has 1 amide bonds. The average Bonchev–Trinajstić information content (AvgIpc) is 3.15. The van der Waals surface area contributed by atoms with Crippen molar-refractivity contribution in [3.05, 3.63) is 114 Å². The summed E-state index contributed by atoms with van der Waals surface area (Å²) >= 11 is 0. The topological polar surface area (TPSA) is 69.0 Å². The van der Waals surface area contributed by atoms with Crippen LogP contribution in [0, 0.1) is 0 Å². The third kappa shape index (κ3) is 3.79. The van der Waals surface area contributed by atoms with Crippen molar-refractivity contribution in [1.82, 2.24) is 14.5 Å². The van der Waals surface area contributed by atoms with Crippen LogP contribution in [-0.4, -0.2) is 20.4 Å². The number of carbonyl (C=O) groups is 1. The van der Waals surface area contributed by atoms with Gasteiger partial charge in [-0.1, -0.05) is 48.5 Å². The molecule has 1 aliphatic rings. The number of carbonyl (C=O) groups excluding carboxylic acids is 1. The van der Waals surface area contributed by atoms with Gasteiger partial charge in [0, 0.05) is 42.9 Å². The minimum Gasteiger partial charge on any atom is -0.424 e. The Hall–Kier alpha value is -4.45. The largest absolute Gasteiger partial charge is 0.424 e.